The van der Waals surface area contributed by atoms with Crippen molar-refractivity contribution in [2.75, 3.05) is 25.4 Å². The lowest BCUT2D eigenvalue weighted by Gasteiger charge is -2.30. The van der Waals surface area contributed by atoms with Gasteiger partial charge < -0.3 is 9.47 Å². The Labute approximate surface area is 114 Å². The Hall–Kier alpha value is -1.27. The van der Waals surface area contributed by atoms with Crippen LogP contribution in [0, 0.1) is 0 Å². The third kappa shape index (κ3) is 3.19. The highest BCUT2D eigenvalue weighted by atomic mass is 32.2. The topological polar surface area (TPSA) is 55.8 Å². The third-order valence-corrected chi connectivity index (χ3v) is 5.01. The minimum atomic E-state index is -3.19. The molecule has 0 fully saturated rings. The van der Waals surface area contributed by atoms with Crippen molar-refractivity contribution in [2.24, 2.45) is 0 Å². The van der Waals surface area contributed by atoms with Gasteiger partial charge in [0.15, 0.2) is 11.5 Å². The van der Waals surface area contributed by atoms with Crippen molar-refractivity contribution in [3.05, 3.63) is 24.3 Å². The molecule has 1 aromatic carbocycles. The second-order valence-corrected chi connectivity index (χ2v) is 6.61. The monoisotopic (exact) mass is 285 g/mol. The van der Waals surface area contributed by atoms with E-state index in [1.807, 2.05) is 31.2 Å². The summed E-state index contributed by atoms with van der Waals surface area (Å²) < 4.78 is 36.6. The molecule has 0 amide bonds. The van der Waals surface area contributed by atoms with E-state index < -0.39 is 10.0 Å². The fraction of sp³-hybridized carbons (Fsp3) is 0.538. The molecular formula is C13H19NO4S. The first-order valence-electron chi connectivity index (χ1n) is 6.43. The molecule has 0 aromatic heterocycles. The summed E-state index contributed by atoms with van der Waals surface area (Å²) in [4.78, 5) is 0. The third-order valence-electron chi connectivity index (χ3n) is 3.09. The fourth-order valence-electron chi connectivity index (χ4n) is 2.00. The molecule has 0 unspecified atom stereocenters. The molecule has 0 aliphatic carbocycles. The minimum absolute atomic E-state index is 0.102. The Morgan fingerprint density at radius 3 is 2.58 bits per heavy atom. The normalized spacial score (nSPS) is 18.6. The van der Waals surface area contributed by atoms with Crippen molar-refractivity contribution >= 4 is 10.0 Å². The van der Waals surface area contributed by atoms with Gasteiger partial charge in [0.1, 0.15) is 12.7 Å². The molecule has 1 aliphatic heterocycles. The Kier molecular flexibility index (Phi) is 4.31. The molecule has 1 aliphatic rings. The van der Waals surface area contributed by atoms with Gasteiger partial charge in [0.05, 0.1) is 12.3 Å². The molecule has 0 spiro atoms. The molecule has 2 rings (SSSR count). The average molecular weight is 285 g/mol. The van der Waals surface area contributed by atoms with E-state index in [9.17, 15) is 8.42 Å². The van der Waals surface area contributed by atoms with E-state index >= 15 is 0 Å². The van der Waals surface area contributed by atoms with Crippen molar-refractivity contribution in [1.29, 1.82) is 0 Å². The average Bonchev–Trinajstić information content (AvgIpc) is 2.44. The van der Waals surface area contributed by atoms with Gasteiger partial charge in [-0.2, -0.15) is 4.31 Å². The largest absolute Gasteiger partial charge is 0.486 e. The molecule has 1 atom stereocenters. The fourth-order valence-corrected chi connectivity index (χ4v) is 3.15. The van der Waals surface area contributed by atoms with Gasteiger partial charge in [0.2, 0.25) is 10.0 Å². The number of rotatable bonds is 5. The van der Waals surface area contributed by atoms with Crippen LogP contribution < -0.4 is 9.47 Å². The maximum atomic E-state index is 11.9. The van der Waals surface area contributed by atoms with Crippen LogP contribution in [0.3, 0.4) is 0 Å². The van der Waals surface area contributed by atoms with Crippen LogP contribution in [0.25, 0.3) is 0 Å². The second-order valence-electron chi connectivity index (χ2n) is 4.35. The minimum Gasteiger partial charge on any atom is -0.486 e. The first-order chi connectivity index (χ1) is 9.06. The molecule has 0 saturated heterocycles. The summed E-state index contributed by atoms with van der Waals surface area (Å²) in [5, 5.41) is 0. The maximum absolute atomic E-state index is 11.9. The Balaban J connectivity index is 2.06. The number of likely N-dealkylation sites (N-methyl/N-ethyl adjacent to an activating group) is 1. The van der Waals surface area contributed by atoms with Crippen LogP contribution in [0.2, 0.25) is 0 Å². The van der Waals surface area contributed by atoms with Crippen molar-refractivity contribution in [2.45, 2.75) is 20.0 Å². The van der Waals surface area contributed by atoms with Crippen molar-refractivity contribution < 1.29 is 17.9 Å². The molecule has 0 N–H and O–H groups in total. The highest BCUT2D eigenvalue weighted by Gasteiger charge is 2.27. The van der Waals surface area contributed by atoms with Gasteiger partial charge >= 0.3 is 0 Å². The van der Waals surface area contributed by atoms with Crippen molar-refractivity contribution in [1.82, 2.24) is 4.31 Å². The van der Waals surface area contributed by atoms with E-state index in [0.29, 0.717) is 31.2 Å². The van der Waals surface area contributed by atoms with E-state index in [0.717, 1.165) is 0 Å². The molecule has 6 heteroatoms. The van der Waals surface area contributed by atoms with Crippen LogP contribution in [-0.2, 0) is 10.0 Å². The zero-order valence-corrected chi connectivity index (χ0v) is 12.0. The molecule has 1 heterocycles. The summed E-state index contributed by atoms with van der Waals surface area (Å²) in [7, 11) is -3.19. The molecule has 1 aromatic rings. The van der Waals surface area contributed by atoms with Gasteiger partial charge in [0, 0.05) is 6.54 Å². The summed E-state index contributed by atoms with van der Waals surface area (Å²) in [5.74, 6) is 1.48. The second kappa shape index (κ2) is 5.79. The Morgan fingerprint density at radius 1 is 1.26 bits per heavy atom. The predicted octanol–water partition coefficient (Wildman–Crippen LogP) is 1.50. The lowest BCUT2D eigenvalue weighted by atomic mass is 10.2. The number of hydrogen-bond donors (Lipinski definition) is 0. The number of hydrogen-bond acceptors (Lipinski definition) is 4. The molecule has 0 saturated carbocycles. The van der Waals surface area contributed by atoms with E-state index in [-0.39, 0.29) is 11.9 Å². The lowest BCUT2D eigenvalue weighted by Crippen LogP contribution is -2.44. The molecular weight excluding hydrogens is 266 g/mol. The quantitative estimate of drug-likeness (QED) is 0.822. The maximum Gasteiger partial charge on any atom is 0.213 e. The Morgan fingerprint density at radius 2 is 1.95 bits per heavy atom. The van der Waals surface area contributed by atoms with Crippen molar-refractivity contribution in [3.8, 4) is 11.5 Å². The number of fused-ring (bicyclic) bond motifs is 1. The van der Waals surface area contributed by atoms with Gasteiger partial charge in [0.25, 0.3) is 0 Å². The summed E-state index contributed by atoms with van der Waals surface area (Å²) in [6.07, 6.45) is -0.267. The number of nitrogens with zero attached hydrogens (tertiary/aromatic N) is 1. The first-order valence-corrected chi connectivity index (χ1v) is 8.04. The van der Waals surface area contributed by atoms with Crippen LogP contribution in [0.5, 0.6) is 11.5 Å². The van der Waals surface area contributed by atoms with Gasteiger partial charge in [-0.25, -0.2) is 8.42 Å². The van der Waals surface area contributed by atoms with Crippen molar-refractivity contribution in [3.63, 3.8) is 0 Å². The smallest absolute Gasteiger partial charge is 0.213 e. The molecule has 0 bridgehead atoms. The molecule has 0 radical (unpaired) electrons. The highest BCUT2D eigenvalue weighted by Crippen LogP contribution is 2.31. The van der Waals surface area contributed by atoms with Crippen LogP contribution >= 0.6 is 0 Å². The molecule has 106 valence electrons. The number of sulfonamides is 1. The Bertz CT molecular complexity index is 529. The highest BCUT2D eigenvalue weighted by molar-refractivity contribution is 7.89. The van der Waals surface area contributed by atoms with E-state index in [4.69, 9.17) is 9.47 Å². The number of ether oxygens (including phenoxy) is 2. The molecule has 19 heavy (non-hydrogen) atoms. The van der Waals surface area contributed by atoms with E-state index in [2.05, 4.69) is 0 Å². The SMILES string of the molecule is CCN(C[C@H]1COc2ccccc2O1)S(=O)(=O)CC. The zero-order valence-electron chi connectivity index (χ0n) is 11.2. The van der Waals surface area contributed by atoms with E-state index in [1.165, 1.54) is 4.31 Å². The number of benzene rings is 1. The standard InChI is InChI=1S/C13H19NO4S/c1-3-14(19(15,16)4-2)9-11-10-17-12-7-5-6-8-13(12)18-11/h5-8,11H,3-4,9-10H2,1-2H3/t11-/m0/s1. The van der Waals surface area contributed by atoms with E-state index in [1.54, 1.807) is 6.92 Å². The van der Waals surface area contributed by atoms with Gasteiger partial charge in [-0.15, -0.1) is 0 Å². The van der Waals surface area contributed by atoms with Crippen LogP contribution in [0.15, 0.2) is 24.3 Å². The van der Waals surface area contributed by atoms with Gasteiger partial charge in [-0.05, 0) is 19.1 Å². The number of para-hydroxylation sites is 2. The molecule has 5 nitrogen and oxygen atoms in total. The zero-order chi connectivity index (χ0) is 13.9. The first kappa shape index (κ1) is 14.1. The lowest BCUT2D eigenvalue weighted by molar-refractivity contribution is 0.0771. The van der Waals surface area contributed by atoms with Crippen LogP contribution in [0.1, 0.15) is 13.8 Å². The predicted molar refractivity (Wildman–Crippen MR) is 73.1 cm³/mol. The van der Waals surface area contributed by atoms with Crippen LogP contribution in [0.4, 0.5) is 0 Å². The van der Waals surface area contributed by atoms with Crippen LogP contribution in [-0.4, -0.2) is 44.3 Å². The summed E-state index contributed by atoms with van der Waals surface area (Å²) in [5.41, 5.74) is 0. The summed E-state index contributed by atoms with van der Waals surface area (Å²) in [6.45, 7) is 4.60. The van der Waals surface area contributed by atoms with Gasteiger partial charge in [-0.1, -0.05) is 19.1 Å². The summed E-state index contributed by atoms with van der Waals surface area (Å²) >= 11 is 0. The summed E-state index contributed by atoms with van der Waals surface area (Å²) in [6, 6.07) is 7.41. The van der Waals surface area contributed by atoms with Gasteiger partial charge in [-0.3, -0.25) is 0 Å².